The van der Waals surface area contributed by atoms with E-state index in [0.717, 1.165) is 0 Å². The second-order valence-electron chi connectivity index (χ2n) is 8.21. The number of hydrogen-bond acceptors (Lipinski definition) is 2. The molecule has 6 heteroatoms. The van der Waals surface area contributed by atoms with Gasteiger partial charge in [-0.05, 0) is 17.8 Å². The van der Waals surface area contributed by atoms with E-state index in [1.54, 1.807) is 5.67 Å². The van der Waals surface area contributed by atoms with E-state index in [-0.39, 0.29) is 0 Å². The molecule has 126 valence electrons. The Morgan fingerprint density at radius 3 is 2.05 bits per heavy atom. The van der Waals surface area contributed by atoms with E-state index in [9.17, 15) is 0 Å². The van der Waals surface area contributed by atoms with Gasteiger partial charge in [-0.2, -0.15) is 0 Å². The molecule has 0 amide bonds. The highest BCUT2D eigenvalue weighted by Gasteiger charge is 2.53. The number of nitrogens with zero attached hydrogens (tertiary/aromatic N) is 3. The summed E-state index contributed by atoms with van der Waals surface area (Å²) in [6.07, 6.45) is 5.84. The molecule has 2 rings (SSSR count). The van der Waals surface area contributed by atoms with Crippen molar-refractivity contribution in [3.63, 3.8) is 0 Å². The lowest BCUT2D eigenvalue weighted by atomic mass is 10.7. The summed E-state index contributed by atoms with van der Waals surface area (Å²) in [6, 6.07) is 5.67. The van der Waals surface area contributed by atoms with Crippen LogP contribution in [0.1, 0.15) is 27.7 Å². The molecule has 1 fully saturated rings. The van der Waals surface area contributed by atoms with Crippen LogP contribution in [-0.4, -0.2) is 39.9 Å². The Bertz CT molecular complexity index is 499. The van der Waals surface area contributed by atoms with Crippen LogP contribution in [0.15, 0.2) is 12.5 Å². The van der Waals surface area contributed by atoms with E-state index < -0.39 is 24.5 Å². The summed E-state index contributed by atoms with van der Waals surface area (Å²) in [6.45, 7) is 17.0. The molecule has 1 aromatic heterocycles. The predicted molar refractivity (Wildman–Crippen MR) is 107 cm³/mol. The third kappa shape index (κ3) is 3.01. The fourth-order valence-corrected chi connectivity index (χ4v) is 21.8. The zero-order valence-corrected chi connectivity index (χ0v) is 18.7. The Morgan fingerprint density at radius 1 is 1.05 bits per heavy atom. The monoisotopic (exact) mass is 353 g/mol. The normalized spacial score (nSPS) is 20.6. The first-order chi connectivity index (χ1) is 10.3. The molecule has 0 unspecified atom stereocenters. The molecular weight excluding hydrogens is 318 g/mol. The minimum Gasteiger partial charge on any atom is -0.384 e. The third-order valence-electron chi connectivity index (χ3n) is 6.21. The van der Waals surface area contributed by atoms with Crippen molar-refractivity contribution in [2.75, 3.05) is 10.7 Å². The molecule has 0 radical (unpaired) electrons. The average molecular weight is 354 g/mol. The highest BCUT2D eigenvalue weighted by Crippen LogP contribution is 2.43. The van der Waals surface area contributed by atoms with Crippen molar-refractivity contribution < 1.29 is 0 Å². The molecule has 22 heavy (non-hydrogen) atoms. The van der Waals surface area contributed by atoms with E-state index in [2.05, 4.69) is 68.7 Å². The van der Waals surface area contributed by atoms with Crippen LogP contribution < -0.4 is 4.57 Å². The van der Waals surface area contributed by atoms with Crippen LogP contribution in [0.25, 0.3) is 0 Å². The van der Waals surface area contributed by atoms with Crippen LogP contribution >= 0.6 is 0 Å². The summed E-state index contributed by atoms with van der Waals surface area (Å²) in [5.74, 6) is 1.30. The van der Waals surface area contributed by atoms with Crippen LogP contribution in [0.3, 0.4) is 0 Å². The van der Waals surface area contributed by atoms with Crippen LogP contribution in [0, 0.1) is 0 Å². The molecular formula is C16H35N3Si3. The van der Waals surface area contributed by atoms with Gasteiger partial charge >= 0.3 is 0 Å². The van der Waals surface area contributed by atoms with Crippen molar-refractivity contribution in [3.8, 4) is 0 Å². The van der Waals surface area contributed by atoms with Crippen molar-refractivity contribution in [3.05, 3.63) is 12.5 Å². The second-order valence-corrected chi connectivity index (χ2v) is 23.6. The van der Waals surface area contributed by atoms with Crippen molar-refractivity contribution in [1.82, 2.24) is 9.22 Å². The molecule has 1 aliphatic rings. The predicted octanol–water partition coefficient (Wildman–Crippen LogP) is 4.94. The van der Waals surface area contributed by atoms with Gasteiger partial charge in [0.1, 0.15) is 5.82 Å². The van der Waals surface area contributed by atoms with E-state index in [0.29, 0.717) is 0 Å². The van der Waals surface area contributed by atoms with Crippen LogP contribution in [0.4, 0.5) is 5.82 Å². The lowest BCUT2D eigenvalue weighted by molar-refractivity contribution is 1.08. The van der Waals surface area contributed by atoms with Gasteiger partial charge in [0.2, 0.25) is 0 Å². The molecule has 2 heterocycles. The molecule has 1 aromatic rings. The standard InChI is InChI=1S/C16H35N3Si3/c1-8-21(9-2)14-19(22(10-3,11-4)15-21)16-12-18(13-17-16)20(5,6)7/h12-13H,8-11,14-15H2,1-7H3. The zero-order valence-electron chi connectivity index (χ0n) is 15.7. The second kappa shape index (κ2) is 6.28. The van der Waals surface area contributed by atoms with Gasteiger partial charge < -0.3 is 8.80 Å². The molecule has 0 N–H and O–H groups in total. The SMILES string of the molecule is CC[Si]1(CC)CN(c2cn([Si](C)(C)C)cn2)[Si](CC)(CC)C1. The summed E-state index contributed by atoms with van der Waals surface area (Å²) in [4.78, 5) is 4.87. The van der Waals surface area contributed by atoms with E-state index >= 15 is 0 Å². The van der Waals surface area contributed by atoms with Gasteiger partial charge in [-0.15, -0.1) is 0 Å². The Kier molecular flexibility index (Phi) is 5.14. The summed E-state index contributed by atoms with van der Waals surface area (Å²) >= 11 is 0. The van der Waals surface area contributed by atoms with E-state index in [1.165, 1.54) is 36.2 Å². The maximum Gasteiger partial charge on any atom is 0.155 e. The van der Waals surface area contributed by atoms with Crippen LogP contribution in [0.5, 0.6) is 0 Å². The largest absolute Gasteiger partial charge is 0.384 e. The molecule has 0 bridgehead atoms. The quantitative estimate of drug-likeness (QED) is 0.675. The van der Waals surface area contributed by atoms with Crippen molar-refractivity contribution in [1.29, 1.82) is 0 Å². The van der Waals surface area contributed by atoms with Crippen LogP contribution in [0.2, 0.25) is 49.5 Å². The van der Waals surface area contributed by atoms with Crippen LogP contribution in [-0.2, 0) is 0 Å². The maximum absolute atomic E-state index is 4.87. The number of imidazole rings is 1. The lowest BCUT2D eigenvalue weighted by Crippen LogP contribution is -2.48. The molecule has 0 aliphatic carbocycles. The summed E-state index contributed by atoms with van der Waals surface area (Å²) in [5, 5.41) is 0. The molecule has 0 atom stereocenters. The lowest BCUT2D eigenvalue weighted by Gasteiger charge is -2.35. The van der Waals surface area contributed by atoms with Crippen molar-refractivity contribution in [2.45, 2.75) is 77.2 Å². The van der Waals surface area contributed by atoms with E-state index in [4.69, 9.17) is 4.98 Å². The van der Waals surface area contributed by atoms with Gasteiger partial charge in [0.25, 0.3) is 0 Å². The molecule has 0 saturated carbocycles. The summed E-state index contributed by atoms with van der Waals surface area (Å²) in [5.41, 5.74) is 1.60. The highest BCUT2D eigenvalue weighted by molar-refractivity contribution is 7.03. The summed E-state index contributed by atoms with van der Waals surface area (Å²) < 4.78 is 5.27. The Morgan fingerprint density at radius 2 is 1.64 bits per heavy atom. The Balaban J connectivity index is 2.40. The molecule has 1 saturated heterocycles. The van der Waals surface area contributed by atoms with Gasteiger partial charge in [-0.25, -0.2) is 4.98 Å². The number of rotatable bonds is 6. The number of anilines is 1. The van der Waals surface area contributed by atoms with Gasteiger partial charge in [-0.1, -0.05) is 59.4 Å². The highest BCUT2D eigenvalue weighted by atomic mass is 28.4. The smallest absolute Gasteiger partial charge is 0.155 e. The molecule has 1 aliphatic heterocycles. The Labute approximate surface area is 140 Å². The minimum atomic E-state index is -1.34. The van der Waals surface area contributed by atoms with Crippen molar-refractivity contribution >= 4 is 30.4 Å². The van der Waals surface area contributed by atoms with Gasteiger partial charge in [0.05, 0.1) is 14.4 Å². The third-order valence-corrected chi connectivity index (χ3v) is 22.1. The molecule has 0 spiro atoms. The molecule has 0 aromatic carbocycles. The van der Waals surface area contributed by atoms with Gasteiger partial charge in [0, 0.05) is 12.4 Å². The number of hydrogen-bond donors (Lipinski definition) is 0. The fourth-order valence-electron chi connectivity index (χ4n) is 4.10. The Hall–Kier alpha value is -0.339. The first-order valence-electron chi connectivity index (χ1n) is 9.08. The van der Waals surface area contributed by atoms with Crippen molar-refractivity contribution in [2.24, 2.45) is 0 Å². The van der Waals surface area contributed by atoms with Gasteiger partial charge in [0.15, 0.2) is 16.5 Å². The molecule has 3 nitrogen and oxygen atoms in total. The summed E-state index contributed by atoms with van der Waals surface area (Å²) in [7, 11) is -3.76. The first kappa shape index (κ1) is 18.0. The zero-order chi connectivity index (χ0) is 16.6. The topological polar surface area (TPSA) is 21.1 Å². The maximum atomic E-state index is 4.87. The number of aromatic nitrogens is 2. The average Bonchev–Trinajstić information content (AvgIpc) is 3.10. The minimum absolute atomic E-state index is 1.09. The fraction of sp³-hybridized carbons (Fsp3) is 0.812. The van der Waals surface area contributed by atoms with Gasteiger partial charge in [-0.3, -0.25) is 0 Å². The first-order valence-corrected chi connectivity index (χ1v) is 17.9. The van der Waals surface area contributed by atoms with E-state index in [1.807, 2.05) is 0 Å².